The summed E-state index contributed by atoms with van der Waals surface area (Å²) in [5.41, 5.74) is 0. The van der Waals surface area contributed by atoms with E-state index in [1.54, 1.807) is 6.20 Å². The first-order valence-corrected chi connectivity index (χ1v) is 8.99. The molecule has 0 saturated heterocycles. The second-order valence-electron chi connectivity index (χ2n) is 6.03. The van der Waals surface area contributed by atoms with Gasteiger partial charge in [-0.1, -0.05) is 19.3 Å². The Kier molecular flexibility index (Phi) is 5.28. The summed E-state index contributed by atoms with van der Waals surface area (Å²) in [7, 11) is 0. The van der Waals surface area contributed by atoms with Gasteiger partial charge in [-0.25, -0.2) is 4.98 Å². The summed E-state index contributed by atoms with van der Waals surface area (Å²) in [5.74, 6) is 1.64. The smallest absolute Gasteiger partial charge is 0.266 e. The van der Waals surface area contributed by atoms with E-state index in [1.165, 1.54) is 43.4 Å². The van der Waals surface area contributed by atoms with E-state index >= 15 is 0 Å². The number of anilines is 1. The summed E-state index contributed by atoms with van der Waals surface area (Å²) in [6.45, 7) is 2.69. The Morgan fingerprint density at radius 1 is 1.30 bits per heavy atom. The van der Waals surface area contributed by atoms with Crippen LogP contribution in [0, 0.1) is 12.8 Å². The molecule has 0 radical (unpaired) electrons. The van der Waals surface area contributed by atoms with E-state index in [-0.39, 0.29) is 5.91 Å². The van der Waals surface area contributed by atoms with E-state index in [4.69, 9.17) is 4.74 Å². The predicted molar refractivity (Wildman–Crippen MR) is 93.3 cm³/mol. The highest BCUT2D eigenvalue weighted by Crippen LogP contribution is 2.27. The lowest BCUT2D eigenvalue weighted by atomic mass is 9.90. The number of nitrogens with one attached hydrogen (secondary N) is 1. The van der Waals surface area contributed by atoms with Crippen molar-refractivity contribution in [1.82, 2.24) is 4.98 Å². The molecule has 1 saturated carbocycles. The Morgan fingerprint density at radius 2 is 2.13 bits per heavy atom. The lowest BCUT2D eigenvalue weighted by Gasteiger charge is -2.22. The molecule has 1 aliphatic carbocycles. The van der Waals surface area contributed by atoms with Gasteiger partial charge < -0.3 is 10.1 Å². The average Bonchev–Trinajstić information content (AvgIpc) is 3.02. The van der Waals surface area contributed by atoms with E-state index in [2.05, 4.69) is 10.3 Å². The van der Waals surface area contributed by atoms with Crippen LogP contribution in [0.25, 0.3) is 0 Å². The molecule has 0 atom stereocenters. The van der Waals surface area contributed by atoms with Crippen molar-refractivity contribution >= 4 is 23.1 Å². The molecule has 1 N–H and O–H groups in total. The highest BCUT2D eigenvalue weighted by molar-refractivity contribution is 7.14. The number of aryl methyl sites for hydroxylation is 1. The molecule has 5 heteroatoms. The molecule has 0 aromatic carbocycles. The Balaban J connectivity index is 1.64. The molecule has 0 aliphatic heterocycles. The van der Waals surface area contributed by atoms with Gasteiger partial charge in [0.25, 0.3) is 5.91 Å². The maximum atomic E-state index is 12.3. The number of amides is 1. The van der Waals surface area contributed by atoms with Crippen LogP contribution >= 0.6 is 11.3 Å². The maximum absolute atomic E-state index is 12.3. The fourth-order valence-corrected chi connectivity index (χ4v) is 3.65. The number of hydrogen-bond acceptors (Lipinski definition) is 4. The van der Waals surface area contributed by atoms with Crippen molar-refractivity contribution in [2.24, 2.45) is 5.92 Å². The van der Waals surface area contributed by atoms with Crippen LogP contribution in [-0.4, -0.2) is 17.5 Å². The van der Waals surface area contributed by atoms with Gasteiger partial charge in [-0.05, 0) is 49.9 Å². The SMILES string of the molecule is Cc1ccc(C(=O)Nc2ncccc2OCC2CCCCC2)s1. The summed E-state index contributed by atoms with van der Waals surface area (Å²) in [5, 5.41) is 2.86. The summed E-state index contributed by atoms with van der Waals surface area (Å²) in [6, 6.07) is 7.48. The monoisotopic (exact) mass is 330 g/mol. The minimum absolute atomic E-state index is 0.135. The van der Waals surface area contributed by atoms with Crippen LogP contribution in [-0.2, 0) is 0 Å². The lowest BCUT2D eigenvalue weighted by Crippen LogP contribution is -2.17. The number of pyridine rings is 1. The summed E-state index contributed by atoms with van der Waals surface area (Å²) < 4.78 is 5.94. The van der Waals surface area contributed by atoms with Gasteiger partial charge in [-0.15, -0.1) is 11.3 Å². The molecule has 1 amide bonds. The van der Waals surface area contributed by atoms with Crippen molar-refractivity contribution < 1.29 is 9.53 Å². The minimum atomic E-state index is -0.135. The molecular weight excluding hydrogens is 308 g/mol. The highest BCUT2D eigenvalue weighted by Gasteiger charge is 2.16. The molecule has 2 aromatic rings. The third kappa shape index (κ3) is 4.32. The number of rotatable bonds is 5. The zero-order valence-electron chi connectivity index (χ0n) is 13.4. The number of ether oxygens (including phenoxy) is 1. The molecule has 0 bridgehead atoms. The van der Waals surface area contributed by atoms with Crippen LogP contribution in [0.3, 0.4) is 0 Å². The zero-order valence-corrected chi connectivity index (χ0v) is 14.2. The Bertz CT molecular complexity index is 663. The number of thiophene rings is 1. The van der Waals surface area contributed by atoms with Crippen molar-refractivity contribution in [2.75, 3.05) is 11.9 Å². The molecule has 0 spiro atoms. The van der Waals surface area contributed by atoms with Crippen molar-refractivity contribution in [3.05, 3.63) is 40.2 Å². The molecule has 2 heterocycles. The number of aromatic nitrogens is 1. The lowest BCUT2D eigenvalue weighted by molar-refractivity contribution is 0.102. The van der Waals surface area contributed by atoms with Crippen LogP contribution < -0.4 is 10.1 Å². The van der Waals surface area contributed by atoms with E-state index < -0.39 is 0 Å². The average molecular weight is 330 g/mol. The van der Waals surface area contributed by atoms with Gasteiger partial charge in [0.15, 0.2) is 11.6 Å². The minimum Gasteiger partial charge on any atom is -0.489 e. The molecule has 3 rings (SSSR count). The van der Waals surface area contributed by atoms with E-state index in [0.717, 1.165) is 4.88 Å². The van der Waals surface area contributed by atoms with Gasteiger partial charge in [0, 0.05) is 11.1 Å². The predicted octanol–water partition coefficient (Wildman–Crippen LogP) is 4.66. The number of carbonyl (C=O) groups excluding carboxylic acids is 1. The second kappa shape index (κ2) is 7.59. The highest BCUT2D eigenvalue weighted by atomic mass is 32.1. The van der Waals surface area contributed by atoms with Gasteiger partial charge in [0.05, 0.1) is 11.5 Å². The van der Waals surface area contributed by atoms with Crippen LogP contribution in [0.2, 0.25) is 0 Å². The fourth-order valence-electron chi connectivity index (χ4n) is 2.89. The largest absolute Gasteiger partial charge is 0.489 e. The van der Waals surface area contributed by atoms with Crippen LogP contribution in [0.4, 0.5) is 5.82 Å². The molecule has 0 unspecified atom stereocenters. The topological polar surface area (TPSA) is 51.2 Å². The van der Waals surface area contributed by atoms with Gasteiger partial charge in [0.2, 0.25) is 0 Å². The first-order valence-electron chi connectivity index (χ1n) is 8.18. The Morgan fingerprint density at radius 3 is 2.87 bits per heavy atom. The van der Waals surface area contributed by atoms with Gasteiger partial charge >= 0.3 is 0 Å². The van der Waals surface area contributed by atoms with E-state index in [0.29, 0.717) is 29.0 Å². The third-order valence-electron chi connectivity index (χ3n) is 4.17. The molecule has 23 heavy (non-hydrogen) atoms. The van der Waals surface area contributed by atoms with Gasteiger partial charge in [-0.3, -0.25) is 4.79 Å². The Hall–Kier alpha value is -1.88. The van der Waals surface area contributed by atoms with Crippen molar-refractivity contribution in [1.29, 1.82) is 0 Å². The maximum Gasteiger partial charge on any atom is 0.266 e. The standard InChI is InChI=1S/C18H22N2O2S/c1-13-9-10-16(23-13)18(21)20-17-15(8-5-11-19-17)22-12-14-6-3-2-4-7-14/h5,8-11,14H,2-4,6-7,12H2,1H3,(H,19,20,21). The molecule has 1 fully saturated rings. The summed E-state index contributed by atoms with van der Waals surface area (Å²) in [4.78, 5) is 18.4. The molecule has 122 valence electrons. The fraction of sp³-hybridized carbons (Fsp3) is 0.444. The van der Waals surface area contributed by atoms with Crippen LogP contribution in [0.1, 0.15) is 46.7 Å². The van der Waals surface area contributed by atoms with Crippen molar-refractivity contribution in [2.45, 2.75) is 39.0 Å². The van der Waals surface area contributed by atoms with Gasteiger partial charge in [-0.2, -0.15) is 0 Å². The Labute approximate surface area is 140 Å². The molecule has 2 aromatic heterocycles. The first-order chi connectivity index (χ1) is 11.2. The first kappa shape index (κ1) is 16.0. The molecular formula is C18H22N2O2S. The normalized spacial score (nSPS) is 15.3. The number of carbonyl (C=O) groups is 1. The molecule has 1 aliphatic rings. The van der Waals surface area contributed by atoms with Crippen LogP contribution in [0.5, 0.6) is 5.75 Å². The van der Waals surface area contributed by atoms with Gasteiger partial charge in [0.1, 0.15) is 0 Å². The number of nitrogens with zero attached hydrogens (tertiary/aromatic N) is 1. The molecule has 4 nitrogen and oxygen atoms in total. The summed E-state index contributed by atoms with van der Waals surface area (Å²) in [6.07, 6.45) is 8.06. The number of hydrogen-bond donors (Lipinski definition) is 1. The summed E-state index contributed by atoms with van der Waals surface area (Å²) >= 11 is 1.48. The van der Waals surface area contributed by atoms with Crippen molar-refractivity contribution in [3.8, 4) is 5.75 Å². The van der Waals surface area contributed by atoms with E-state index in [9.17, 15) is 4.79 Å². The third-order valence-corrected chi connectivity index (χ3v) is 5.17. The van der Waals surface area contributed by atoms with Crippen molar-refractivity contribution in [3.63, 3.8) is 0 Å². The van der Waals surface area contributed by atoms with E-state index in [1.807, 2.05) is 31.2 Å². The zero-order chi connectivity index (χ0) is 16.1. The quantitative estimate of drug-likeness (QED) is 0.867. The second-order valence-corrected chi connectivity index (χ2v) is 7.32. The van der Waals surface area contributed by atoms with Crippen LogP contribution in [0.15, 0.2) is 30.5 Å².